The normalized spacial score (nSPS) is 29.0. The number of amides is 3. The highest BCUT2D eigenvalue weighted by molar-refractivity contribution is 8.02. The Morgan fingerprint density at radius 3 is 2.33 bits per heavy atom. The molecule has 4 aliphatic rings. The van der Waals surface area contributed by atoms with Gasteiger partial charge in [-0.3, -0.25) is 14.4 Å². The van der Waals surface area contributed by atoms with E-state index in [2.05, 4.69) is 6.08 Å². The predicted molar refractivity (Wildman–Crippen MR) is 179 cm³/mol. The molecule has 2 aromatic carbocycles. The first-order chi connectivity index (χ1) is 21.8. The van der Waals surface area contributed by atoms with Gasteiger partial charge >= 0.3 is 0 Å². The van der Waals surface area contributed by atoms with Crippen molar-refractivity contribution in [1.82, 2.24) is 4.90 Å². The van der Waals surface area contributed by atoms with Crippen LogP contribution in [0.2, 0.25) is 5.02 Å². The smallest absolute Gasteiger partial charge is 0.251 e. The Morgan fingerprint density at radius 1 is 0.889 bits per heavy atom. The Labute approximate surface area is 274 Å². The van der Waals surface area contributed by atoms with E-state index in [9.17, 15) is 19.5 Å². The molecule has 0 aromatic heterocycles. The third-order valence-corrected chi connectivity index (χ3v) is 11.6. The lowest BCUT2D eigenvalue weighted by molar-refractivity contribution is -0.139. The summed E-state index contributed by atoms with van der Waals surface area (Å²) < 4.78 is 3.98. The second-order valence-corrected chi connectivity index (χ2v) is 14.4. The summed E-state index contributed by atoms with van der Waals surface area (Å²) in [6, 6.07) is 13.9. The van der Waals surface area contributed by atoms with Gasteiger partial charge in [-0.2, -0.15) is 0 Å². The van der Waals surface area contributed by atoms with Crippen molar-refractivity contribution in [1.29, 1.82) is 0 Å². The number of thioether (sulfide) groups is 1. The van der Waals surface area contributed by atoms with E-state index >= 15 is 0 Å². The summed E-state index contributed by atoms with van der Waals surface area (Å²) in [6.45, 7) is 5.74. The van der Waals surface area contributed by atoms with E-state index in [0.29, 0.717) is 49.8 Å². The Kier molecular flexibility index (Phi) is 9.05. The molecule has 2 saturated heterocycles. The number of rotatable bonds is 10. The van der Waals surface area contributed by atoms with Crippen LogP contribution in [-0.4, -0.2) is 76.1 Å². The second kappa shape index (κ2) is 12.9. The molecule has 1 unspecified atom stereocenters. The van der Waals surface area contributed by atoms with Gasteiger partial charge in [0.05, 0.1) is 33.9 Å². The van der Waals surface area contributed by atoms with Gasteiger partial charge in [0.25, 0.3) is 5.91 Å². The molecular formula is C35H40ClN3O5S. The molecule has 4 aliphatic heterocycles. The van der Waals surface area contributed by atoms with Gasteiger partial charge in [0.2, 0.25) is 11.8 Å². The first-order valence-electron chi connectivity index (χ1n) is 15.8. The monoisotopic (exact) mass is 649 g/mol. The fourth-order valence-electron chi connectivity index (χ4n) is 7.52. The van der Waals surface area contributed by atoms with Gasteiger partial charge in [-0.15, -0.1) is 11.8 Å². The number of hydrogen-bond donors (Lipinski definition) is 1. The number of carbonyl (C=O) groups excluding carboxylic acids is 3. The van der Waals surface area contributed by atoms with E-state index in [4.69, 9.17) is 16.3 Å². The molecule has 4 heterocycles. The maximum absolute atomic E-state index is 14.7. The molecule has 2 aromatic rings. The van der Waals surface area contributed by atoms with Crippen molar-refractivity contribution in [3.8, 4) is 5.75 Å². The quantitative estimate of drug-likeness (QED) is 0.271. The van der Waals surface area contributed by atoms with Gasteiger partial charge in [0, 0.05) is 36.7 Å². The fraction of sp³-hybridized carbons (Fsp3) is 0.457. The number of nitrogens with zero attached hydrogens (tertiary/aromatic N) is 3. The minimum Gasteiger partial charge on any atom is -0.494 e. The number of ether oxygens (including phenoxy) is 1. The average molecular weight is 650 g/mol. The van der Waals surface area contributed by atoms with Gasteiger partial charge in [-0.05, 0) is 63.1 Å². The topological polar surface area (TPSA) is 90.4 Å². The molecule has 5 atom stereocenters. The van der Waals surface area contributed by atoms with Crippen LogP contribution in [0.3, 0.4) is 0 Å². The third-order valence-electron chi connectivity index (χ3n) is 9.47. The lowest BCUT2D eigenvalue weighted by Crippen LogP contribution is -2.53. The number of likely N-dealkylation sites (tertiary alicyclic amines) is 1. The highest BCUT2D eigenvalue weighted by atomic mass is 35.5. The number of hydrogen-bond acceptors (Lipinski definition) is 6. The fourth-order valence-corrected chi connectivity index (χ4v) is 9.91. The van der Waals surface area contributed by atoms with E-state index in [1.54, 1.807) is 32.5 Å². The van der Waals surface area contributed by atoms with E-state index in [1.165, 1.54) is 0 Å². The minimum absolute atomic E-state index is 0.119. The maximum Gasteiger partial charge on any atom is 0.251 e. The van der Waals surface area contributed by atoms with Crippen LogP contribution in [0.25, 0.3) is 0 Å². The summed E-state index contributed by atoms with van der Waals surface area (Å²) in [5, 5.41) is 9.71. The van der Waals surface area contributed by atoms with E-state index in [0.717, 1.165) is 24.3 Å². The van der Waals surface area contributed by atoms with Gasteiger partial charge in [0.1, 0.15) is 11.8 Å². The predicted octanol–water partition coefficient (Wildman–Crippen LogP) is 5.48. The van der Waals surface area contributed by atoms with Crippen molar-refractivity contribution < 1.29 is 24.2 Å². The van der Waals surface area contributed by atoms with Gasteiger partial charge in [-0.1, -0.05) is 60.9 Å². The number of aliphatic hydroxyl groups is 1. The van der Waals surface area contributed by atoms with Crippen LogP contribution in [-0.2, 0) is 14.4 Å². The number of benzene rings is 2. The number of para-hydroxylation sites is 1. The Morgan fingerprint density at radius 2 is 1.60 bits per heavy atom. The molecule has 3 amide bonds. The van der Waals surface area contributed by atoms with Crippen LogP contribution >= 0.6 is 23.4 Å². The standard InChI is InChI=1S/C35H40ClN3O5S/c1-3-44-25-16-14-24(15-17-25)37-21-10-18-34(2)28(31(37)41)29-32(42)39(20-8-4-5-9-23-40)30-33(43)38(22-11-19-35(29,30)45-34)27-13-7-6-12-26(27)36/h6-7,10-19,28-30,40H,3-5,8-9,20-23H2,1-2H3/t28-,29+,30?,34+,35+/m1/s1. The van der Waals surface area contributed by atoms with Crippen molar-refractivity contribution in [2.75, 3.05) is 42.6 Å². The number of carbonyl (C=O) groups is 3. The van der Waals surface area contributed by atoms with Crippen LogP contribution in [0.15, 0.2) is 72.8 Å². The number of fused-ring (bicyclic) bond motifs is 2. The van der Waals surface area contributed by atoms with E-state index in [1.807, 2.05) is 74.5 Å². The Balaban J connectivity index is 1.40. The van der Waals surface area contributed by atoms with Crippen LogP contribution in [0.5, 0.6) is 5.75 Å². The Hall–Kier alpha value is -3.27. The highest BCUT2D eigenvalue weighted by Gasteiger charge is 2.74. The lowest BCUT2D eigenvalue weighted by atomic mass is 9.74. The van der Waals surface area contributed by atoms with Gasteiger partial charge in [-0.25, -0.2) is 0 Å². The maximum atomic E-state index is 14.7. The van der Waals surface area contributed by atoms with Crippen LogP contribution in [0.1, 0.15) is 39.5 Å². The SMILES string of the molecule is CCOc1ccc(N2CC=C[C@]3(C)S[C@]45C=CCN(c6ccccc6Cl)C(=O)C4N(CCCCCCO)C(=O)[C@@H]5[C@@H]3C2=O)cc1. The number of aliphatic hydroxyl groups excluding tert-OH is 1. The molecule has 2 fully saturated rings. The van der Waals surface area contributed by atoms with Crippen LogP contribution in [0.4, 0.5) is 11.4 Å². The van der Waals surface area contributed by atoms with Crippen molar-refractivity contribution in [2.24, 2.45) is 11.8 Å². The largest absolute Gasteiger partial charge is 0.494 e. The molecule has 0 aliphatic carbocycles. The van der Waals surface area contributed by atoms with Crippen molar-refractivity contribution in [2.45, 2.75) is 55.1 Å². The zero-order valence-electron chi connectivity index (χ0n) is 25.7. The number of unbranched alkanes of at least 4 members (excludes halogenated alkanes) is 3. The molecule has 10 heteroatoms. The average Bonchev–Trinajstić information content (AvgIpc) is 3.29. The molecule has 0 radical (unpaired) electrons. The Bertz CT molecular complexity index is 1510. The minimum atomic E-state index is -0.934. The van der Waals surface area contributed by atoms with Gasteiger partial charge < -0.3 is 24.5 Å². The first-order valence-corrected chi connectivity index (χ1v) is 17.0. The molecule has 6 rings (SSSR count). The van der Waals surface area contributed by atoms with Crippen molar-refractivity contribution >= 4 is 52.5 Å². The van der Waals surface area contributed by atoms with Gasteiger partial charge in [0.15, 0.2) is 0 Å². The summed E-state index contributed by atoms with van der Waals surface area (Å²) in [5.74, 6) is -1.13. The summed E-state index contributed by atoms with van der Waals surface area (Å²) in [7, 11) is 0. The zero-order valence-corrected chi connectivity index (χ0v) is 27.3. The summed E-state index contributed by atoms with van der Waals surface area (Å²) in [4.78, 5) is 49.2. The lowest BCUT2D eigenvalue weighted by Gasteiger charge is -2.37. The molecular weight excluding hydrogens is 610 g/mol. The number of halogens is 1. The molecule has 1 N–H and O–H groups in total. The summed E-state index contributed by atoms with van der Waals surface area (Å²) >= 11 is 8.17. The second-order valence-electron chi connectivity index (χ2n) is 12.2. The molecule has 238 valence electrons. The molecule has 1 spiro atoms. The van der Waals surface area contributed by atoms with Crippen LogP contribution < -0.4 is 14.5 Å². The third kappa shape index (κ3) is 5.47. The first kappa shape index (κ1) is 31.7. The molecule has 0 bridgehead atoms. The van der Waals surface area contributed by atoms with Crippen molar-refractivity contribution in [3.05, 3.63) is 77.9 Å². The number of anilines is 2. The van der Waals surface area contributed by atoms with Crippen molar-refractivity contribution in [3.63, 3.8) is 0 Å². The molecule has 0 saturated carbocycles. The van der Waals surface area contributed by atoms with E-state index in [-0.39, 0.29) is 24.3 Å². The molecule has 8 nitrogen and oxygen atoms in total. The summed E-state index contributed by atoms with van der Waals surface area (Å²) in [6.07, 6.45) is 11.1. The van der Waals surface area contributed by atoms with E-state index < -0.39 is 27.4 Å². The molecule has 45 heavy (non-hydrogen) atoms. The summed E-state index contributed by atoms with van der Waals surface area (Å²) in [5.41, 5.74) is 1.34. The zero-order chi connectivity index (χ0) is 31.8. The van der Waals surface area contributed by atoms with Crippen LogP contribution in [0, 0.1) is 11.8 Å². The highest BCUT2D eigenvalue weighted by Crippen LogP contribution is 2.65.